The zero-order valence-corrected chi connectivity index (χ0v) is 20.4. The molecule has 186 valence electrons. The van der Waals surface area contributed by atoms with Crippen molar-refractivity contribution in [2.45, 2.75) is 58.3 Å². The van der Waals surface area contributed by atoms with Crippen molar-refractivity contribution in [3.8, 4) is 22.3 Å². The smallest absolute Gasteiger partial charge is 0.131 e. The second-order valence-electron chi connectivity index (χ2n) is 9.98. The third kappa shape index (κ3) is 6.15. The molecule has 1 fully saturated rings. The Hall–Kier alpha value is -2.62. The molecule has 1 saturated carbocycles. The fraction of sp³-hybridized carbons (Fsp3) is 0.419. The third-order valence-corrected chi connectivity index (χ3v) is 7.87. The van der Waals surface area contributed by atoms with Crippen LogP contribution in [0.4, 0.5) is 17.6 Å². The van der Waals surface area contributed by atoms with E-state index in [1.54, 1.807) is 42.5 Å². The molecule has 4 rings (SSSR count). The van der Waals surface area contributed by atoms with E-state index in [9.17, 15) is 17.6 Å². The van der Waals surface area contributed by atoms with E-state index in [0.717, 1.165) is 31.6 Å². The van der Waals surface area contributed by atoms with E-state index in [0.29, 0.717) is 34.6 Å². The van der Waals surface area contributed by atoms with Crippen LogP contribution in [-0.2, 0) is 6.42 Å². The van der Waals surface area contributed by atoms with Crippen LogP contribution in [0.3, 0.4) is 0 Å². The van der Waals surface area contributed by atoms with E-state index in [4.69, 9.17) is 0 Å². The zero-order valence-electron chi connectivity index (χ0n) is 20.4. The van der Waals surface area contributed by atoms with Crippen LogP contribution in [0, 0.1) is 35.2 Å². The van der Waals surface area contributed by atoms with Gasteiger partial charge in [-0.05, 0) is 84.7 Å². The van der Waals surface area contributed by atoms with Crippen LogP contribution in [0.2, 0.25) is 0 Å². The summed E-state index contributed by atoms with van der Waals surface area (Å²) in [5.74, 6) is -0.0114. The van der Waals surface area contributed by atoms with Gasteiger partial charge in [0.05, 0.1) is 6.67 Å². The van der Waals surface area contributed by atoms with E-state index >= 15 is 0 Å². The molecule has 4 heteroatoms. The van der Waals surface area contributed by atoms with Crippen molar-refractivity contribution in [2.75, 3.05) is 6.67 Å². The SMILES string of the molecule is CCC1CCC(C(CF)CCCc2ccc(-c3ccc(-c4ccccc4F)cc3F)cc2F)CC1. The van der Waals surface area contributed by atoms with Crippen molar-refractivity contribution >= 4 is 0 Å². The van der Waals surface area contributed by atoms with Gasteiger partial charge in [-0.3, -0.25) is 4.39 Å². The number of hydrogen-bond donors (Lipinski definition) is 0. The molecule has 1 aliphatic rings. The molecular formula is C31H34F4. The average molecular weight is 483 g/mol. The summed E-state index contributed by atoms with van der Waals surface area (Å²) in [6.45, 7) is 1.93. The molecule has 0 aliphatic heterocycles. The normalized spacial score (nSPS) is 19.0. The van der Waals surface area contributed by atoms with E-state index in [-0.39, 0.29) is 24.0 Å². The largest absolute Gasteiger partial charge is 0.251 e. The number of hydrogen-bond acceptors (Lipinski definition) is 0. The standard InChI is InChI=1S/C31H34F4/c1-2-21-10-12-22(13-11-21)26(20-32)7-5-6-23-14-15-24(18-30(23)34)28-17-16-25(19-31(28)35)27-8-3-4-9-29(27)33/h3-4,8-9,14-19,21-22,26H,2,5-7,10-13,20H2,1H3. The van der Waals surface area contributed by atoms with Gasteiger partial charge >= 0.3 is 0 Å². The van der Waals surface area contributed by atoms with Crippen molar-refractivity contribution in [3.05, 3.63) is 83.7 Å². The molecule has 1 unspecified atom stereocenters. The summed E-state index contributed by atoms with van der Waals surface area (Å²) < 4.78 is 57.5. The van der Waals surface area contributed by atoms with E-state index in [2.05, 4.69) is 6.92 Å². The lowest BCUT2D eigenvalue weighted by molar-refractivity contribution is 0.163. The van der Waals surface area contributed by atoms with Crippen LogP contribution in [0.15, 0.2) is 60.7 Å². The van der Waals surface area contributed by atoms with Crippen molar-refractivity contribution < 1.29 is 17.6 Å². The van der Waals surface area contributed by atoms with Gasteiger partial charge in [0, 0.05) is 11.1 Å². The van der Waals surface area contributed by atoms with Gasteiger partial charge in [0.1, 0.15) is 17.5 Å². The average Bonchev–Trinajstić information content (AvgIpc) is 2.88. The summed E-state index contributed by atoms with van der Waals surface area (Å²) in [5.41, 5.74) is 2.05. The molecule has 35 heavy (non-hydrogen) atoms. The van der Waals surface area contributed by atoms with Gasteiger partial charge in [0.15, 0.2) is 0 Å². The molecule has 3 aromatic carbocycles. The van der Waals surface area contributed by atoms with E-state index in [1.807, 2.05) is 0 Å². The van der Waals surface area contributed by atoms with Crippen LogP contribution in [0.5, 0.6) is 0 Å². The zero-order chi connectivity index (χ0) is 24.8. The molecule has 0 spiro atoms. The van der Waals surface area contributed by atoms with E-state index < -0.39 is 11.6 Å². The Bertz CT molecular complexity index is 1110. The number of rotatable bonds is 9. The predicted molar refractivity (Wildman–Crippen MR) is 135 cm³/mol. The maximum Gasteiger partial charge on any atom is 0.131 e. The minimum Gasteiger partial charge on any atom is -0.251 e. The topological polar surface area (TPSA) is 0 Å². The molecule has 3 aromatic rings. The van der Waals surface area contributed by atoms with E-state index in [1.165, 1.54) is 37.5 Å². The number of aryl methyl sites for hydroxylation is 1. The van der Waals surface area contributed by atoms with Gasteiger partial charge in [-0.2, -0.15) is 0 Å². The summed E-state index contributed by atoms with van der Waals surface area (Å²) in [6.07, 6.45) is 7.88. The number of benzene rings is 3. The first-order valence-electron chi connectivity index (χ1n) is 12.9. The molecule has 0 heterocycles. The highest BCUT2D eigenvalue weighted by atomic mass is 19.1. The molecule has 0 amide bonds. The second kappa shape index (κ2) is 11.9. The first kappa shape index (κ1) is 25.5. The lowest BCUT2D eigenvalue weighted by Gasteiger charge is -2.32. The molecule has 0 N–H and O–H groups in total. The highest BCUT2D eigenvalue weighted by Gasteiger charge is 2.26. The van der Waals surface area contributed by atoms with Crippen molar-refractivity contribution in [2.24, 2.45) is 17.8 Å². The summed E-state index contributed by atoms with van der Waals surface area (Å²) >= 11 is 0. The fourth-order valence-electron chi connectivity index (χ4n) is 5.59. The molecule has 0 bridgehead atoms. The van der Waals surface area contributed by atoms with Gasteiger partial charge in [0.2, 0.25) is 0 Å². The summed E-state index contributed by atoms with van der Waals surface area (Å²) in [5, 5.41) is 0. The minimum atomic E-state index is -0.526. The maximum absolute atomic E-state index is 14.9. The van der Waals surface area contributed by atoms with Crippen molar-refractivity contribution in [3.63, 3.8) is 0 Å². The fourth-order valence-corrected chi connectivity index (χ4v) is 5.59. The molecule has 0 aromatic heterocycles. The lowest BCUT2D eigenvalue weighted by atomic mass is 9.74. The minimum absolute atomic E-state index is 0.0669. The van der Waals surface area contributed by atoms with Gasteiger partial charge in [-0.25, -0.2) is 13.2 Å². The Morgan fingerprint density at radius 3 is 2.06 bits per heavy atom. The van der Waals surface area contributed by atoms with Crippen LogP contribution in [0.25, 0.3) is 22.3 Å². The molecular weight excluding hydrogens is 448 g/mol. The molecule has 1 aliphatic carbocycles. The van der Waals surface area contributed by atoms with Gasteiger partial charge < -0.3 is 0 Å². The molecule has 0 saturated heterocycles. The predicted octanol–water partition coefficient (Wildman–Crippen LogP) is 9.56. The highest BCUT2D eigenvalue weighted by Crippen LogP contribution is 2.37. The number of alkyl halides is 1. The molecule has 1 atom stereocenters. The molecule has 0 nitrogen and oxygen atoms in total. The van der Waals surface area contributed by atoms with Crippen LogP contribution in [0.1, 0.15) is 57.4 Å². The first-order valence-corrected chi connectivity index (χ1v) is 12.9. The van der Waals surface area contributed by atoms with Gasteiger partial charge in [-0.1, -0.05) is 68.7 Å². The van der Waals surface area contributed by atoms with Crippen molar-refractivity contribution in [1.29, 1.82) is 0 Å². The number of halogens is 4. The Labute approximate surface area is 206 Å². The quantitative estimate of drug-likeness (QED) is 0.266. The van der Waals surface area contributed by atoms with Crippen LogP contribution < -0.4 is 0 Å². The van der Waals surface area contributed by atoms with Crippen LogP contribution in [-0.4, -0.2) is 6.67 Å². The van der Waals surface area contributed by atoms with Gasteiger partial charge in [0.25, 0.3) is 0 Å². The molecule has 0 radical (unpaired) electrons. The maximum atomic E-state index is 14.9. The van der Waals surface area contributed by atoms with Gasteiger partial charge in [-0.15, -0.1) is 0 Å². The monoisotopic (exact) mass is 482 g/mol. The summed E-state index contributed by atoms with van der Waals surface area (Å²) in [6, 6.07) is 15.5. The lowest BCUT2D eigenvalue weighted by Crippen LogP contribution is -2.23. The second-order valence-corrected chi connectivity index (χ2v) is 9.98. The van der Waals surface area contributed by atoms with Crippen molar-refractivity contribution in [1.82, 2.24) is 0 Å². The Morgan fingerprint density at radius 2 is 1.43 bits per heavy atom. The third-order valence-electron chi connectivity index (χ3n) is 7.87. The Balaban J connectivity index is 1.38. The highest BCUT2D eigenvalue weighted by molar-refractivity contribution is 5.71. The summed E-state index contributed by atoms with van der Waals surface area (Å²) in [7, 11) is 0. The Morgan fingerprint density at radius 1 is 0.771 bits per heavy atom. The first-order chi connectivity index (χ1) is 17.0. The Kier molecular flexibility index (Phi) is 8.64. The summed E-state index contributed by atoms with van der Waals surface area (Å²) in [4.78, 5) is 0. The van der Waals surface area contributed by atoms with Crippen LogP contribution >= 0.6 is 0 Å².